The Hall–Kier alpha value is -1.08. The molecule has 0 aliphatic heterocycles. The number of aryl methyl sites for hydroxylation is 1. The SMILES string of the molecule is C=C(C)C(C)(CC(C)(C)C)C(O)CCc1ccccc1. The zero-order valence-corrected chi connectivity index (χ0v) is 13.7. The molecule has 0 saturated heterocycles. The molecule has 1 rings (SSSR count). The van der Waals surface area contributed by atoms with E-state index in [1.165, 1.54) is 5.56 Å². The fraction of sp³-hybridized carbons (Fsp3) is 0.579. The maximum atomic E-state index is 10.7. The summed E-state index contributed by atoms with van der Waals surface area (Å²) in [5.41, 5.74) is 2.33. The predicted octanol–water partition coefficient (Wildman–Crippen LogP) is 5.00. The first-order valence-corrected chi connectivity index (χ1v) is 7.53. The average Bonchev–Trinajstić information content (AvgIpc) is 2.34. The number of benzene rings is 1. The molecule has 112 valence electrons. The molecule has 0 spiro atoms. The fourth-order valence-corrected chi connectivity index (χ4v) is 2.92. The highest BCUT2D eigenvalue weighted by Gasteiger charge is 2.37. The molecule has 0 aliphatic rings. The Morgan fingerprint density at radius 2 is 1.70 bits per heavy atom. The van der Waals surface area contributed by atoms with Crippen molar-refractivity contribution in [3.05, 3.63) is 48.0 Å². The molecular formula is C19H30O. The van der Waals surface area contributed by atoms with Crippen LogP contribution in [0, 0.1) is 10.8 Å². The van der Waals surface area contributed by atoms with Crippen LogP contribution in [0.25, 0.3) is 0 Å². The van der Waals surface area contributed by atoms with E-state index >= 15 is 0 Å². The fourth-order valence-electron chi connectivity index (χ4n) is 2.92. The third-order valence-corrected chi connectivity index (χ3v) is 4.16. The molecule has 0 bridgehead atoms. The van der Waals surface area contributed by atoms with Crippen LogP contribution in [0.3, 0.4) is 0 Å². The molecule has 0 aliphatic carbocycles. The monoisotopic (exact) mass is 274 g/mol. The zero-order chi connectivity index (χ0) is 15.4. The molecule has 2 unspecified atom stereocenters. The van der Waals surface area contributed by atoms with Crippen LogP contribution in [0.2, 0.25) is 0 Å². The van der Waals surface area contributed by atoms with Crippen LogP contribution in [-0.4, -0.2) is 11.2 Å². The first kappa shape index (κ1) is 17.0. The van der Waals surface area contributed by atoms with Crippen molar-refractivity contribution in [3.63, 3.8) is 0 Å². The average molecular weight is 274 g/mol. The number of aliphatic hydroxyl groups is 1. The topological polar surface area (TPSA) is 20.2 Å². The molecule has 0 fully saturated rings. The molecule has 1 heteroatoms. The van der Waals surface area contributed by atoms with Gasteiger partial charge in [-0.25, -0.2) is 0 Å². The number of hydrogen-bond donors (Lipinski definition) is 1. The lowest BCUT2D eigenvalue weighted by atomic mass is 9.67. The van der Waals surface area contributed by atoms with Crippen LogP contribution >= 0.6 is 0 Å². The molecular weight excluding hydrogens is 244 g/mol. The standard InChI is InChI=1S/C19H30O/c1-15(2)19(6,14-18(3,4)5)17(20)13-12-16-10-8-7-9-11-16/h7-11,17,20H,1,12-14H2,2-6H3. The Morgan fingerprint density at radius 3 is 2.15 bits per heavy atom. The van der Waals surface area contributed by atoms with Crippen LogP contribution in [0.15, 0.2) is 42.5 Å². The molecule has 0 amide bonds. The zero-order valence-electron chi connectivity index (χ0n) is 13.7. The van der Waals surface area contributed by atoms with E-state index in [9.17, 15) is 5.11 Å². The summed E-state index contributed by atoms with van der Waals surface area (Å²) in [6.45, 7) is 15.0. The van der Waals surface area contributed by atoms with E-state index in [1.54, 1.807) is 0 Å². The Morgan fingerprint density at radius 1 is 1.15 bits per heavy atom. The van der Waals surface area contributed by atoms with Gasteiger partial charge in [-0.1, -0.05) is 70.2 Å². The summed E-state index contributed by atoms with van der Waals surface area (Å²) in [6.07, 6.45) is 2.29. The minimum absolute atomic E-state index is 0.182. The normalized spacial score (nSPS) is 16.5. The quantitative estimate of drug-likeness (QED) is 0.724. The van der Waals surface area contributed by atoms with Crippen molar-refractivity contribution in [2.24, 2.45) is 10.8 Å². The largest absolute Gasteiger partial charge is 0.392 e. The van der Waals surface area contributed by atoms with Gasteiger partial charge in [0, 0.05) is 5.41 Å². The first-order valence-electron chi connectivity index (χ1n) is 7.53. The number of rotatable bonds is 6. The van der Waals surface area contributed by atoms with Gasteiger partial charge >= 0.3 is 0 Å². The van der Waals surface area contributed by atoms with Crippen LogP contribution in [0.5, 0.6) is 0 Å². The lowest BCUT2D eigenvalue weighted by Gasteiger charge is -2.40. The molecule has 1 N–H and O–H groups in total. The molecule has 1 nitrogen and oxygen atoms in total. The van der Waals surface area contributed by atoms with Gasteiger partial charge in [0.2, 0.25) is 0 Å². The van der Waals surface area contributed by atoms with E-state index in [0.29, 0.717) is 0 Å². The summed E-state index contributed by atoms with van der Waals surface area (Å²) in [7, 11) is 0. The van der Waals surface area contributed by atoms with E-state index in [0.717, 1.165) is 24.8 Å². The van der Waals surface area contributed by atoms with Crippen molar-refractivity contribution in [2.45, 2.75) is 60.0 Å². The van der Waals surface area contributed by atoms with E-state index in [1.807, 2.05) is 13.0 Å². The molecule has 1 aromatic rings. The van der Waals surface area contributed by atoms with Gasteiger partial charge in [-0.3, -0.25) is 0 Å². The summed E-state index contributed by atoms with van der Waals surface area (Å²) in [6, 6.07) is 10.4. The molecule has 0 aromatic heterocycles. The first-order chi connectivity index (χ1) is 9.15. The van der Waals surface area contributed by atoms with E-state index in [-0.39, 0.29) is 16.9 Å². The molecule has 0 saturated carbocycles. The van der Waals surface area contributed by atoms with Crippen molar-refractivity contribution < 1.29 is 5.11 Å². The second-order valence-corrected chi connectivity index (χ2v) is 7.48. The molecule has 1 aromatic carbocycles. The Kier molecular flexibility index (Phi) is 5.59. The van der Waals surface area contributed by atoms with E-state index < -0.39 is 0 Å². The highest BCUT2D eigenvalue weighted by Crippen LogP contribution is 2.42. The molecule has 0 radical (unpaired) electrons. The number of hydrogen-bond acceptors (Lipinski definition) is 1. The van der Waals surface area contributed by atoms with Gasteiger partial charge in [0.05, 0.1) is 6.10 Å². The van der Waals surface area contributed by atoms with Gasteiger partial charge in [0.1, 0.15) is 0 Å². The minimum Gasteiger partial charge on any atom is -0.392 e. The van der Waals surface area contributed by atoms with Crippen molar-refractivity contribution in [1.82, 2.24) is 0 Å². The second kappa shape index (κ2) is 6.58. The second-order valence-electron chi connectivity index (χ2n) is 7.48. The Balaban J connectivity index is 2.74. The highest BCUT2D eigenvalue weighted by molar-refractivity contribution is 5.16. The van der Waals surface area contributed by atoms with Gasteiger partial charge in [-0.05, 0) is 37.2 Å². The van der Waals surface area contributed by atoms with Gasteiger partial charge < -0.3 is 5.11 Å². The van der Waals surface area contributed by atoms with Crippen LogP contribution < -0.4 is 0 Å². The Labute approximate surface area is 124 Å². The van der Waals surface area contributed by atoms with Gasteiger partial charge in [-0.15, -0.1) is 0 Å². The van der Waals surface area contributed by atoms with Crippen molar-refractivity contribution in [1.29, 1.82) is 0 Å². The van der Waals surface area contributed by atoms with Crippen molar-refractivity contribution in [2.75, 3.05) is 0 Å². The summed E-state index contributed by atoms with van der Waals surface area (Å²) in [4.78, 5) is 0. The molecule has 20 heavy (non-hydrogen) atoms. The van der Waals surface area contributed by atoms with Gasteiger partial charge in [-0.2, -0.15) is 0 Å². The minimum atomic E-state index is -0.348. The van der Waals surface area contributed by atoms with Gasteiger partial charge in [0.15, 0.2) is 0 Å². The Bertz CT molecular complexity index is 427. The maximum absolute atomic E-state index is 10.7. The van der Waals surface area contributed by atoms with Crippen LogP contribution in [0.4, 0.5) is 0 Å². The summed E-state index contributed by atoms with van der Waals surface area (Å²) >= 11 is 0. The summed E-state index contributed by atoms with van der Waals surface area (Å²) in [5, 5.41) is 10.7. The predicted molar refractivity (Wildman–Crippen MR) is 87.8 cm³/mol. The third-order valence-electron chi connectivity index (χ3n) is 4.16. The maximum Gasteiger partial charge on any atom is 0.0634 e. The van der Waals surface area contributed by atoms with Crippen molar-refractivity contribution >= 4 is 0 Å². The van der Waals surface area contributed by atoms with Crippen LogP contribution in [-0.2, 0) is 6.42 Å². The lowest BCUT2D eigenvalue weighted by Crippen LogP contribution is -2.37. The van der Waals surface area contributed by atoms with Gasteiger partial charge in [0.25, 0.3) is 0 Å². The summed E-state index contributed by atoms with van der Waals surface area (Å²) in [5.74, 6) is 0. The van der Waals surface area contributed by atoms with Crippen molar-refractivity contribution in [3.8, 4) is 0 Å². The lowest BCUT2D eigenvalue weighted by molar-refractivity contribution is 0.0280. The highest BCUT2D eigenvalue weighted by atomic mass is 16.3. The molecule has 2 atom stereocenters. The van der Waals surface area contributed by atoms with Crippen LogP contribution in [0.1, 0.15) is 53.0 Å². The third kappa shape index (κ3) is 4.79. The number of aliphatic hydroxyl groups excluding tert-OH is 1. The molecule has 0 heterocycles. The van der Waals surface area contributed by atoms with E-state index in [4.69, 9.17) is 0 Å². The summed E-state index contributed by atoms with van der Waals surface area (Å²) < 4.78 is 0. The van der Waals surface area contributed by atoms with E-state index in [2.05, 4.69) is 58.5 Å². The smallest absolute Gasteiger partial charge is 0.0634 e.